The van der Waals surface area contributed by atoms with Crippen molar-refractivity contribution in [3.63, 3.8) is 0 Å². The van der Waals surface area contributed by atoms with E-state index in [1.165, 1.54) is 24.5 Å². The summed E-state index contributed by atoms with van der Waals surface area (Å²) in [5.74, 6) is -0.188. The molecule has 2 nitrogen and oxygen atoms in total. The minimum absolute atomic E-state index is 0.188. The van der Waals surface area contributed by atoms with Crippen molar-refractivity contribution in [2.75, 3.05) is 5.32 Å². The quantitative estimate of drug-likeness (QED) is 0.591. The first kappa shape index (κ1) is 17.8. The summed E-state index contributed by atoms with van der Waals surface area (Å²) in [6.07, 6.45) is 6.58. The Morgan fingerprint density at radius 3 is 2.74 bits per heavy atom. The number of amides is 1. The molecule has 0 aromatic heterocycles. The summed E-state index contributed by atoms with van der Waals surface area (Å²) in [6, 6.07) is 13.4. The molecular formula is C19H19BrClNO. The van der Waals surface area contributed by atoms with E-state index in [0.717, 1.165) is 22.1 Å². The van der Waals surface area contributed by atoms with E-state index in [-0.39, 0.29) is 5.91 Å². The molecule has 2 aromatic carbocycles. The Bertz CT molecular complexity index is 712. The number of rotatable bonds is 6. The summed E-state index contributed by atoms with van der Waals surface area (Å²) in [7, 11) is 0. The van der Waals surface area contributed by atoms with Crippen LogP contribution in [0.25, 0.3) is 6.08 Å². The van der Waals surface area contributed by atoms with E-state index < -0.39 is 0 Å². The van der Waals surface area contributed by atoms with Crippen LogP contribution in [0, 0.1) is 0 Å². The molecule has 0 saturated carbocycles. The highest BCUT2D eigenvalue weighted by Crippen LogP contribution is 2.24. The number of hydrogen-bond acceptors (Lipinski definition) is 1. The molecule has 0 fully saturated rings. The van der Waals surface area contributed by atoms with Gasteiger partial charge in [-0.2, -0.15) is 0 Å². The fraction of sp³-hybridized carbons (Fsp3) is 0.211. The van der Waals surface area contributed by atoms with E-state index in [9.17, 15) is 4.79 Å². The summed E-state index contributed by atoms with van der Waals surface area (Å²) in [6.45, 7) is 2.18. The SMILES string of the molecule is CCCCc1ccc(NC(=O)/C=C/c2ccccc2Cl)c(Br)c1. The van der Waals surface area contributed by atoms with Gasteiger partial charge >= 0.3 is 0 Å². The molecule has 0 unspecified atom stereocenters. The van der Waals surface area contributed by atoms with Crippen molar-refractivity contribution in [1.82, 2.24) is 0 Å². The zero-order chi connectivity index (χ0) is 16.7. The zero-order valence-corrected chi connectivity index (χ0v) is 15.3. The highest BCUT2D eigenvalue weighted by atomic mass is 79.9. The zero-order valence-electron chi connectivity index (χ0n) is 13.0. The highest BCUT2D eigenvalue weighted by molar-refractivity contribution is 9.10. The predicted octanol–water partition coefficient (Wildman–Crippen LogP) is 6.10. The first-order valence-electron chi connectivity index (χ1n) is 7.62. The maximum absolute atomic E-state index is 12.0. The molecule has 120 valence electrons. The predicted molar refractivity (Wildman–Crippen MR) is 102 cm³/mol. The van der Waals surface area contributed by atoms with Gasteiger partial charge in [-0.25, -0.2) is 0 Å². The first-order valence-corrected chi connectivity index (χ1v) is 8.79. The number of unbranched alkanes of at least 4 members (excludes halogenated alkanes) is 1. The van der Waals surface area contributed by atoms with E-state index in [2.05, 4.69) is 34.2 Å². The minimum Gasteiger partial charge on any atom is -0.321 e. The summed E-state index contributed by atoms with van der Waals surface area (Å²) in [4.78, 5) is 12.0. The Morgan fingerprint density at radius 2 is 2.04 bits per heavy atom. The van der Waals surface area contributed by atoms with Crippen molar-refractivity contribution in [3.8, 4) is 0 Å². The number of benzene rings is 2. The van der Waals surface area contributed by atoms with Gasteiger partial charge in [0.05, 0.1) is 5.69 Å². The van der Waals surface area contributed by atoms with Crippen molar-refractivity contribution in [2.24, 2.45) is 0 Å². The van der Waals surface area contributed by atoms with E-state index >= 15 is 0 Å². The van der Waals surface area contributed by atoms with Crippen LogP contribution < -0.4 is 5.32 Å². The standard InChI is InChI=1S/C19H19BrClNO/c1-2-3-6-14-9-11-18(16(20)13-14)22-19(23)12-10-15-7-4-5-8-17(15)21/h4-5,7-13H,2-3,6H2,1H3,(H,22,23)/b12-10+. The second-order valence-corrected chi connectivity index (χ2v) is 6.52. The van der Waals surface area contributed by atoms with Crippen LogP contribution in [0.3, 0.4) is 0 Å². The molecule has 1 amide bonds. The van der Waals surface area contributed by atoms with Gasteiger partial charge in [-0.1, -0.05) is 49.2 Å². The highest BCUT2D eigenvalue weighted by Gasteiger charge is 2.04. The smallest absolute Gasteiger partial charge is 0.248 e. The van der Waals surface area contributed by atoms with E-state index in [1.807, 2.05) is 30.3 Å². The van der Waals surface area contributed by atoms with Gasteiger partial charge in [0.25, 0.3) is 0 Å². The molecule has 2 aromatic rings. The number of halogens is 2. The second-order valence-electron chi connectivity index (χ2n) is 5.26. The molecule has 0 radical (unpaired) electrons. The Kier molecular flexibility index (Phi) is 6.87. The third-order valence-corrected chi connectivity index (χ3v) is 4.43. The molecule has 0 saturated heterocycles. The Hall–Kier alpha value is -1.58. The number of carbonyl (C=O) groups excluding carboxylic acids is 1. The average Bonchev–Trinajstić information content (AvgIpc) is 2.54. The molecule has 0 heterocycles. The normalized spacial score (nSPS) is 10.9. The number of nitrogens with one attached hydrogen (secondary N) is 1. The summed E-state index contributed by atoms with van der Waals surface area (Å²) in [5, 5.41) is 3.49. The van der Waals surface area contributed by atoms with Gasteiger partial charge in [0.15, 0.2) is 0 Å². The van der Waals surface area contributed by atoms with Crippen molar-refractivity contribution < 1.29 is 4.79 Å². The van der Waals surface area contributed by atoms with Crippen molar-refractivity contribution in [2.45, 2.75) is 26.2 Å². The molecular weight excluding hydrogens is 374 g/mol. The van der Waals surface area contributed by atoms with Gasteiger partial charge in [-0.15, -0.1) is 0 Å². The van der Waals surface area contributed by atoms with Crippen LogP contribution in [0.15, 0.2) is 53.0 Å². The summed E-state index contributed by atoms with van der Waals surface area (Å²) in [5.41, 5.74) is 2.85. The molecule has 23 heavy (non-hydrogen) atoms. The monoisotopic (exact) mass is 391 g/mol. The molecule has 4 heteroatoms. The Morgan fingerprint density at radius 1 is 1.26 bits per heavy atom. The van der Waals surface area contributed by atoms with Crippen molar-refractivity contribution in [1.29, 1.82) is 0 Å². The lowest BCUT2D eigenvalue weighted by Gasteiger charge is -2.08. The molecule has 0 aliphatic carbocycles. The van der Waals surface area contributed by atoms with Gasteiger partial charge in [0.2, 0.25) is 5.91 Å². The van der Waals surface area contributed by atoms with Gasteiger partial charge in [-0.3, -0.25) is 4.79 Å². The van der Waals surface area contributed by atoms with E-state index in [0.29, 0.717) is 5.02 Å². The number of hydrogen-bond donors (Lipinski definition) is 1. The third kappa shape index (κ3) is 5.52. The summed E-state index contributed by atoms with van der Waals surface area (Å²) >= 11 is 9.58. The van der Waals surface area contributed by atoms with Crippen LogP contribution in [0.5, 0.6) is 0 Å². The number of anilines is 1. The van der Waals surface area contributed by atoms with Crippen LogP contribution in [-0.4, -0.2) is 5.91 Å². The van der Waals surface area contributed by atoms with Gasteiger partial charge in [0, 0.05) is 15.6 Å². The van der Waals surface area contributed by atoms with Crippen LogP contribution in [-0.2, 0) is 11.2 Å². The lowest BCUT2D eigenvalue weighted by molar-refractivity contribution is -0.111. The fourth-order valence-corrected chi connectivity index (χ4v) is 2.87. The van der Waals surface area contributed by atoms with Crippen LogP contribution in [0.2, 0.25) is 5.02 Å². The number of carbonyl (C=O) groups is 1. The molecule has 0 bridgehead atoms. The van der Waals surface area contributed by atoms with Crippen molar-refractivity contribution in [3.05, 3.63) is 69.2 Å². The van der Waals surface area contributed by atoms with Gasteiger partial charge < -0.3 is 5.32 Å². The Labute approximate surface area is 150 Å². The minimum atomic E-state index is -0.188. The molecule has 0 spiro atoms. The van der Waals surface area contributed by atoms with Crippen LogP contribution >= 0.6 is 27.5 Å². The topological polar surface area (TPSA) is 29.1 Å². The van der Waals surface area contributed by atoms with Gasteiger partial charge in [0.1, 0.15) is 0 Å². The first-order chi connectivity index (χ1) is 11.1. The second kappa shape index (κ2) is 8.90. The lowest BCUT2D eigenvalue weighted by Crippen LogP contribution is -2.08. The molecule has 0 atom stereocenters. The largest absolute Gasteiger partial charge is 0.321 e. The fourth-order valence-electron chi connectivity index (χ4n) is 2.15. The molecule has 1 N–H and O–H groups in total. The summed E-state index contributed by atoms with van der Waals surface area (Å²) < 4.78 is 0.894. The third-order valence-electron chi connectivity index (χ3n) is 3.43. The Balaban J connectivity index is 2.01. The van der Waals surface area contributed by atoms with Crippen molar-refractivity contribution >= 4 is 45.2 Å². The van der Waals surface area contributed by atoms with Gasteiger partial charge in [-0.05, 0) is 64.2 Å². The van der Waals surface area contributed by atoms with Crippen LogP contribution in [0.4, 0.5) is 5.69 Å². The number of aryl methyl sites for hydroxylation is 1. The van der Waals surface area contributed by atoms with Crippen LogP contribution in [0.1, 0.15) is 30.9 Å². The average molecular weight is 393 g/mol. The lowest BCUT2D eigenvalue weighted by atomic mass is 10.1. The van der Waals surface area contributed by atoms with E-state index in [1.54, 1.807) is 12.1 Å². The molecule has 0 aliphatic rings. The maximum atomic E-state index is 12.0. The molecule has 0 aliphatic heterocycles. The molecule has 2 rings (SSSR count). The van der Waals surface area contributed by atoms with E-state index in [4.69, 9.17) is 11.6 Å². The maximum Gasteiger partial charge on any atom is 0.248 e.